The van der Waals surface area contributed by atoms with Gasteiger partial charge in [-0.15, -0.1) is 41.3 Å². The van der Waals surface area contributed by atoms with Crippen molar-refractivity contribution in [2.24, 2.45) is 0 Å². The molecule has 0 unspecified atom stereocenters. The van der Waals surface area contributed by atoms with Gasteiger partial charge in [0, 0.05) is 35.0 Å². The summed E-state index contributed by atoms with van der Waals surface area (Å²) >= 11 is 0. The monoisotopic (exact) mass is 867 g/mol. The molecule has 0 amide bonds. The minimum atomic E-state index is -0.00762. The van der Waals surface area contributed by atoms with Crippen molar-refractivity contribution in [2.45, 2.75) is 92.4 Å². The number of rotatable bonds is 8. The van der Waals surface area contributed by atoms with E-state index < -0.39 is 0 Å². The average Bonchev–Trinajstić information content (AvgIpc) is 3.70. The molecule has 268 valence electrons. The van der Waals surface area contributed by atoms with E-state index >= 15 is 0 Å². The largest absolute Gasteiger partial charge is 2.00 e. The predicted molar refractivity (Wildman–Crippen MR) is 211 cm³/mol. The number of fused-ring (bicyclic) bond motifs is 3. The molecule has 52 heavy (non-hydrogen) atoms. The SMILES string of the molecule is Cc1cc(C(C)C)c(-c2cnn(-c3[c-]c(Oc4[c-]c5c(cc4)c4ccccc4n5-c4cc(C(C)(C)C)ccn4)cc(C(C)C)c3)c2)c(C(C)C)c1.[Pt+2]. The Morgan fingerprint density at radius 2 is 1.46 bits per heavy atom. The van der Waals surface area contributed by atoms with Crippen LogP contribution in [0.4, 0.5) is 0 Å². The Kier molecular flexibility index (Phi) is 10.4. The molecule has 0 atom stereocenters. The summed E-state index contributed by atoms with van der Waals surface area (Å²) in [6.07, 6.45) is 6.02. The third-order valence-electron chi connectivity index (χ3n) is 9.84. The second kappa shape index (κ2) is 14.5. The molecule has 7 rings (SSSR count). The van der Waals surface area contributed by atoms with Gasteiger partial charge < -0.3 is 9.30 Å². The molecule has 0 aliphatic heterocycles. The third kappa shape index (κ3) is 7.13. The van der Waals surface area contributed by atoms with E-state index in [9.17, 15) is 0 Å². The first-order valence-corrected chi connectivity index (χ1v) is 18.2. The van der Waals surface area contributed by atoms with Crippen LogP contribution in [0.2, 0.25) is 0 Å². The van der Waals surface area contributed by atoms with Gasteiger partial charge in [-0.3, -0.25) is 4.68 Å². The van der Waals surface area contributed by atoms with Crippen LogP contribution in [0.5, 0.6) is 11.5 Å². The zero-order valence-corrected chi connectivity index (χ0v) is 34.2. The van der Waals surface area contributed by atoms with Crippen LogP contribution in [0.15, 0.2) is 91.4 Å². The molecule has 0 fully saturated rings. The van der Waals surface area contributed by atoms with Crippen LogP contribution in [0.3, 0.4) is 0 Å². The van der Waals surface area contributed by atoms with E-state index in [-0.39, 0.29) is 32.4 Å². The summed E-state index contributed by atoms with van der Waals surface area (Å²) in [6, 6.07) is 32.9. The van der Waals surface area contributed by atoms with E-state index in [4.69, 9.17) is 14.8 Å². The number of hydrogen-bond acceptors (Lipinski definition) is 3. The number of pyridine rings is 1. The topological polar surface area (TPSA) is 44.9 Å². The van der Waals surface area contributed by atoms with Crippen LogP contribution in [0.1, 0.15) is 108 Å². The molecule has 5 nitrogen and oxygen atoms in total. The fraction of sp³-hybridized carbons (Fsp3) is 0.304. The van der Waals surface area contributed by atoms with Crippen LogP contribution < -0.4 is 4.74 Å². The Morgan fingerprint density at radius 3 is 2.13 bits per heavy atom. The van der Waals surface area contributed by atoms with Crippen molar-refractivity contribution in [1.29, 1.82) is 0 Å². The smallest absolute Gasteiger partial charge is 0.509 e. The summed E-state index contributed by atoms with van der Waals surface area (Å²) in [5.41, 5.74) is 11.6. The quantitative estimate of drug-likeness (QED) is 0.143. The van der Waals surface area contributed by atoms with Crippen LogP contribution in [-0.4, -0.2) is 19.3 Å². The summed E-state index contributed by atoms with van der Waals surface area (Å²) in [4.78, 5) is 4.83. The van der Waals surface area contributed by atoms with Gasteiger partial charge in [0.25, 0.3) is 0 Å². The zero-order valence-electron chi connectivity index (χ0n) is 31.9. The zero-order chi connectivity index (χ0) is 36.2. The number of nitrogens with zero attached hydrogens (tertiary/aromatic N) is 4. The Hall–Kier alpha value is -4.47. The van der Waals surface area contributed by atoms with E-state index in [1.165, 1.54) is 27.8 Å². The van der Waals surface area contributed by atoms with E-state index in [2.05, 4.69) is 159 Å². The summed E-state index contributed by atoms with van der Waals surface area (Å²) in [7, 11) is 0. The molecule has 0 saturated heterocycles. The Bertz CT molecular complexity index is 2360. The molecule has 0 aliphatic carbocycles. The molecule has 0 N–H and O–H groups in total. The normalized spacial score (nSPS) is 12.0. The van der Waals surface area contributed by atoms with Gasteiger partial charge in [-0.25, -0.2) is 4.98 Å². The third-order valence-corrected chi connectivity index (χ3v) is 9.84. The molecular formula is C46H48N4OPt. The van der Waals surface area contributed by atoms with Crippen molar-refractivity contribution < 1.29 is 25.8 Å². The summed E-state index contributed by atoms with van der Waals surface area (Å²) in [5.74, 6) is 3.17. The predicted octanol–water partition coefficient (Wildman–Crippen LogP) is 12.4. The molecule has 0 aliphatic rings. The molecule has 0 bridgehead atoms. The van der Waals surface area contributed by atoms with Crippen LogP contribution in [0.25, 0.3) is 44.4 Å². The maximum Gasteiger partial charge on any atom is 2.00 e. The van der Waals surface area contributed by atoms with Gasteiger partial charge in [0.1, 0.15) is 5.82 Å². The number of aryl methyl sites for hydroxylation is 1. The maximum absolute atomic E-state index is 6.62. The number of para-hydroxylation sites is 1. The number of hydrogen-bond donors (Lipinski definition) is 0. The molecule has 6 heteroatoms. The molecule has 0 radical (unpaired) electrons. The Balaban J connectivity index is 0.00000464. The van der Waals surface area contributed by atoms with Crippen LogP contribution in [-0.2, 0) is 26.5 Å². The molecule has 7 aromatic rings. The van der Waals surface area contributed by atoms with E-state index in [1.807, 2.05) is 23.1 Å². The van der Waals surface area contributed by atoms with Gasteiger partial charge in [0.05, 0.1) is 6.20 Å². The van der Waals surface area contributed by atoms with Gasteiger partial charge in [-0.1, -0.05) is 104 Å². The van der Waals surface area contributed by atoms with Gasteiger partial charge in [0.15, 0.2) is 0 Å². The first-order valence-electron chi connectivity index (χ1n) is 18.2. The van der Waals surface area contributed by atoms with Crippen molar-refractivity contribution in [3.8, 4) is 34.1 Å². The molecule has 4 aromatic carbocycles. The van der Waals surface area contributed by atoms with Crippen molar-refractivity contribution in [3.63, 3.8) is 0 Å². The van der Waals surface area contributed by atoms with Gasteiger partial charge >= 0.3 is 21.1 Å². The number of benzene rings is 4. The van der Waals surface area contributed by atoms with Crippen molar-refractivity contribution in [3.05, 3.63) is 131 Å². The Morgan fingerprint density at radius 1 is 0.750 bits per heavy atom. The summed E-state index contributed by atoms with van der Waals surface area (Å²) < 4.78 is 10.7. The number of ether oxygens (including phenoxy) is 1. The molecule has 0 saturated carbocycles. The molecule has 3 aromatic heterocycles. The molecular weight excluding hydrogens is 820 g/mol. The summed E-state index contributed by atoms with van der Waals surface area (Å²) in [6.45, 7) is 22.3. The Labute approximate surface area is 323 Å². The molecule has 3 heterocycles. The molecule has 0 spiro atoms. The standard InChI is InChI=1S/C46H48N4O.Pt/c1-28(2)32-21-35(49-27-33(26-48-49)45-40(29(3)4)19-31(7)20-41(45)30(5)6)24-37(22-32)51-36-15-16-39-38-13-11-12-14-42(38)50(43(39)25-36)44-23-34(17-18-47-44)46(8,9)10;/h11-23,26-30H,1-10H3;/q-2;+2. The average molecular weight is 868 g/mol. The maximum atomic E-state index is 6.62. The van der Waals surface area contributed by atoms with E-state index in [1.54, 1.807) is 0 Å². The fourth-order valence-corrected chi connectivity index (χ4v) is 7.03. The van der Waals surface area contributed by atoms with Gasteiger partial charge in [-0.2, -0.15) is 11.2 Å². The second-order valence-corrected chi connectivity index (χ2v) is 15.8. The van der Waals surface area contributed by atoms with Gasteiger partial charge in [-0.05, 0) is 81.6 Å². The van der Waals surface area contributed by atoms with Crippen molar-refractivity contribution >= 4 is 21.8 Å². The first-order chi connectivity index (χ1) is 24.3. The minimum Gasteiger partial charge on any atom is -0.509 e. The number of aromatic nitrogens is 4. The van der Waals surface area contributed by atoms with Crippen molar-refractivity contribution in [1.82, 2.24) is 19.3 Å². The van der Waals surface area contributed by atoms with Crippen LogP contribution >= 0.6 is 0 Å². The fourth-order valence-electron chi connectivity index (χ4n) is 7.03. The van der Waals surface area contributed by atoms with E-state index in [0.717, 1.165) is 44.4 Å². The second-order valence-electron chi connectivity index (χ2n) is 15.8. The first kappa shape index (κ1) is 37.3. The van der Waals surface area contributed by atoms with Crippen molar-refractivity contribution in [2.75, 3.05) is 0 Å². The van der Waals surface area contributed by atoms with E-state index in [0.29, 0.717) is 23.3 Å². The summed E-state index contributed by atoms with van der Waals surface area (Å²) in [5, 5.41) is 7.13. The van der Waals surface area contributed by atoms with Crippen LogP contribution in [0, 0.1) is 19.1 Å². The van der Waals surface area contributed by atoms with Gasteiger partial charge in [0.2, 0.25) is 0 Å². The minimum absolute atomic E-state index is 0.